The Labute approximate surface area is 142 Å². The van der Waals surface area contributed by atoms with Crippen LogP contribution in [0, 0.1) is 0 Å². The van der Waals surface area contributed by atoms with Gasteiger partial charge < -0.3 is 11.1 Å². The maximum atomic E-state index is 13.0. The number of alkyl halides is 3. The zero-order chi connectivity index (χ0) is 17.0. The highest BCUT2D eigenvalue weighted by atomic mass is 35.5. The molecule has 2 aromatic rings. The number of carbonyl (C=O) groups is 1. The molecular formula is C14H17ClF3N5O. The van der Waals surface area contributed by atoms with Crippen molar-refractivity contribution in [1.29, 1.82) is 0 Å². The predicted octanol–water partition coefficient (Wildman–Crippen LogP) is 2.77. The molecule has 0 spiro atoms. The van der Waals surface area contributed by atoms with E-state index in [9.17, 15) is 18.0 Å². The molecule has 0 bridgehead atoms. The van der Waals surface area contributed by atoms with Crippen molar-refractivity contribution in [3.8, 4) is 5.82 Å². The summed E-state index contributed by atoms with van der Waals surface area (Å²) in [6.07, 6.45) is -0.778. The third kappa shape index (κ3) is 4.68. The van der Waals surface area contributed by atoms with Crippen LogP contribution in [0.15, 0.2) is 30.6 Å². The van der Waals surface area contributed by atoms with Gasteiger partial charge >= 0.3 is 6.18 Å². The van der Waals surface area contributed by atoms with E-state index < -0.39 is 23.7 Å². The molecule has 0 aliphatic heterocycles. The Balaban J connectivity index is 0.00000288. The summed E-state index contributed by atoms with van der Waals surface area (Å²) in [6.45, 7) is 1.89. The molecule has 0 saturated carbocycles. The molecule has 1 atom stereocenters. The van der Waals surface area contributed by atoms with Gasteiger partial charge in [0.05, 0.1) is 6.04 Å². The zero-order valence-corrected chi connectivity index (χ0v) is 13.6. The van der Waals surface area contributed by atoms with Crippen LogP contribution in [0.5, 0.6) is 0 Å². The summed E-state index contributed by atoms with van der Waals surface area (Å²) in [5, 5.41) is 6.37. The predicted molar refractivity (Wildman–Crippen MR) is 85.1 cm³/mol. The number of rotatable bonds is 5. The van der Waals surface area contributed by atoms with Crippen molar-refractivity contribution in [2.75, 3.05) is 5.32 Å². The lowest BCUT2D eigenvalue weighted by atomic mass is 10.2. The first-order valence-electron chi connectivity index (χ1n) is 6.97. The third-order valence-electron chi connectivity index (χ3n) is 3.09. The number of aromatic nitrogens is 3. The Bertz CT molecular complexity index is 689. The van der Waals surface area contributed by atoms with E-state index in [1.807, 2.05) is 6.92 Å². The van der Waals surface area contributed by atoms with Gasteiger partial charge in [0.2, 0.25) is 5.91 Å². The quantitative estimate of drug-likeness (QED) is 0.855. The van der Waals surface area contributed by atoms with Gasteiger partial charge in [-0.05, 0) is 18.6 Å². The average Bonchev–Trinajstić information content (AvgIpc) is 2.95. The Morgan fingerprint density at radius 1 is 1.42 bits per heavy atom. The number of nitrogens with two attached hydrogens (primary N) is 1. The fraction of sp³-hybridized carbons (Fsp3) is 0.357. The fourth-order valence-corrected chi connectivity index (χ4v) is 1.97. The van der Waals surface area contributed by atoms with Crippen LogP contribution in [0.3, 0.4) is 0 Å². The molecule has 6 nitrogen and oxygen atoms in total. The number of hydrogen-bond donors (Lipinski definition) is 2. The number of halogens is 4. The molecule has 0 fully saturated rings. The van der Waals surface area contributed by atoms with Crippen molar-refractivity contribution < 1.29 is 18.0 Å². The van der Waals surface area contributed by atoms with Gasteiger partial charge in [0.25, 0.3) is 0 Å². The van der Waals surface area contributed by atoms with Crippen LogP contribution in [0.25, 0.3) is 5.82 Å². The molecular weight excluding hydrogens is 347 g/mol. The summed E-state index contributed by atoms with van der Waals surface area (Å²) in [7, 11) is 0. The van der Waals surface area contributed by atoms with Crippen molar-refractivity contribution in [1.82, 2.24) is 14.8 Å². The van der Waals surface area contributed by atoms with Crippen LogP contribution in [-0.2, 0) is 11.0 Å². The second kappa shape index (κ2) is 8.11. The van der Waals surface area contributed by atoms with Crippen molar-refractivity contribution in [3.63, 3.8) is 0 Å². The van der Waals surface area contributed by atoms with Crippen LogP contribution in [0.1, 0.15) is 25.3 Å². The lowest BCUT2D eigenvalue weighted by Crippen LogP contribution is -2.35. The minimum Gasteiger partial charge on any atom is -0.320 e. The van der Waals surface area contributed by atoms with Crippen LogP contribution in [-0.4, -0.2) is 26.7 Å². The first kappa shape index (κ1) is 19.9. The second-order valence-electron chi connectivity index (χ2n) is 4.90. The van der Waals surface area contributed by atoms with E-state index in [1.54, 1.807) is 0 Å². The minimum absolute atomic E-state index is 0. The molecule has 24 heavy (non-hydrogen) atoms. The highest BCUT2D eigenvalue weighted by molar-refractivity contribution is 5.93. The number of amides is 1. The largest absolute Gasteiger partial charge is 0.420 e. The number of nitrogens with one attached hydrogen (secondary N) is 1. The van der Waals surface area contributed by atoms with Crippen molar-refractivity contribution >= 4 is 24.1 Å². The minimum atomic E-state index is -4.55. The van der Waals surface area contributed by atoms with Crippen molar-refractivity contribution in [2.45, 2.75) is 32.0 Å². The molecule has 0 aliphatic carbocycles. The standard InChI is InChI=1S/C14H16F3N5O.ClH/c1-2-4-10(18)13(23)20-11-6-8-22(21-11)12-9(14(15,16)17)5-3-7-19-12;/h3,5-8,10H,2,4,18H2,1H3,(H,20,21,23);1H. The number of nitrogens with zero attached hydrogens (tertiary/aromatic N) is 3. The summed E-state index contributed by atoms with van der Waals surface area (Å²) in [6, 6.07) is 2.80. The summed E-state index contributed by atoms with van der Waals surface area (Å²) in [5.41, 5.74) is 4.75. The monoisotopic (exact) mass is 363 g/mol. The molecule has 0 saturated heterocycles. The van der Waals surface area contributed by atoms with Crippen LogP contribution in [0.2, 0.25) is 0 Å². The topological polar surface area (TPSA) is 85.8 Å². The van der Waals surface area contributed by atoms with Gasteiger partial charge in [-0.2, -0.15) is 13.2 Å². The number of carbonyl (C=O) groups excluding carboxylic acids is 1. The molecule has 0 aliphatic rings. The van der Waals surface area contributed by atoms with Crippen LogP contribution >= 0.6 is 12.4 Å². The summed E-state index contributed by atoms with van der Waals surface area (Å²) in [4.78, 5) is 15.5. The maximum Gasteiger partial charge on any atom is 0.420 e. The van der Waals surface area contributed by atoms with Crippen molar-refractivity contribution in [3.05, 3.63) is 36.2 Å². The zero-order valence-electron chi connectivity index (χ0n) is 12.7. The van der Waals surface area contributed by atoms with Gasteiger partial charge in [-0.15, -0.1) is 17.5 Å². The van der Waals surface area contributed by atoms with E-state index in [0.717, 1.165) is 17.2 Å². The summed E-state index contributed by atoms with van der Waals surface area (Å²) >= 11 is 0. The van der Waals surface area contributed by atoms with Crippen LogP contribution in [0.4, 0.5) is 19.0 Å². The second-order valence-corrected chi connectivity index (χ2v) is 4.90. The molecule has 2 rings (SSSR count). The summed E-state index contributed by atoms with van der Waals surface area (Å²) < 4.78 is 39.9. The van der Waals surface area contributed by atoms with E-state index >= 15 is 0 Å². The highest BCUT2D eigenvalue weighted by Gasteiger charge is 2.34. The van der Waals surface area contributed by atoms with Crippen molar-refractivity contribution in [2.24, 2.45) is 5.73 Å². The highest BCUT2D eigenvalue weighted by Crippen LogP contribution is 2.32. The fourth-order valence-electron chi connectivity index (χ4n) is 1.97. The Morgan fingerprint density at radius 3 is 2.75 bits per heavy atom. The third-order valence-corrected chi connectivity index (χ3v) is 3.09. The van der Waals surface area contributed by atoms with Gasteiger partial charge in [-0.1, -0.05) is 13.3 Å². The first-order chi connectivity index (χ1) is 10.8. The van der Waals surface area contributed by atoms with E-state index in [-0.39, 0.29) is 24.0 Å². The summed E-state index contributed by atoms with van der Waals surface area (Å²) in [5.74, 6) is -0.687. The number of pyridine rings is 1. The SMILES string of the molecule is CCCC(N)C(=O)Nc1ccn(-c2ncccc2C(F)(F)F)n1.Cl. The Morgan fingerprint density at radius 2 is 2.12 bits per heavy atom. The van der Waals surface area contributed by atoms with E-state index in [2.05, 4.69) is 15.4 Å². The molecule has 0 radical (unpaired) electrons. The lowest BCUT2D eigenvalue weighted by Gasteiger charge is -2.11. The Hall–Kier alpha value is -2.13. The molecule has 3 N–H and O–H groups in total. The molecule has 0 aromatic carbocycles. The normalized spacial score (nSPS) is 12.4. The lowest BCUT2D eigenvalue weighted by molar-refractivity contribution is -0.137. The van der Waals surface area contributed by atoms with E-state index in [1.165, 1.54) is 24.5 Å². The van der Waals surface area contributed by atoms with E-state index in [4.69, 9.17) is 5.73 Å². The molecule has 1 amide bonds. The van der Waals surface area contributed by atoms with Crippen LogP contribution < -0.4 is 11.1 Å². The number of anilines is 1. The molecule has 132 valence electrons. The number of hydrogen-bond acceptors (Lipinski definition) is 4. The maximum absolute atomic E-state index is 13.0. The van der Waals surface area contributed by atoms with Gasteiger partial charge in [0, 0.05) is 18.5 Å². The average molecular weight is 364 g/mol. The first-order valence-corrected chi connectivity index (χ1v) is 6.97. The molecule has 1 unspecified atom stereocenters. The molecule has 2 aromatic heterocycles. The Kier molecular flexibility index (Phi) is 6.73. The van der Waals surface area contributed by atoms with E-state index in [0.29, 0.717) is 6.42 Å². The van der Waals surface area contributed by atoms with Gasteiger partial charge in [0.1, 0.15) is 5.56 Å². The molecule has 10 heteroatoms. The smallest absolute Gasteiger partial charge is 0.320 e. The molecule has 2 heterocycles. The van der Waals surface area contributed by atoms with Gasteiger partial charge in [-0.3, -0.25) is 4.79 Å². The van der Waals surface area contributed by atoms with Gasteiger partial charge in [0.15, 0.2) is 11.6 Å². The van der Waals surface area contributed by atoms with Gasteiger partial charge in [-0.25, -0.2) is 9.67 Å².